The van der Waals surface area contributed by atoms with Crippen LogP contribution >= 0.6 is 0 Å². The number of hydrogen-bond donors (Lipinski definition) is 1. The van der Waals surface area contributed by atoms with Crippen molar-refractivity contribution < 1.29 is 13.3 Å². The lowest BCUT2D eigenvalue weighted by Gasteiger charge is -2.47. The number of nitro groups is 1. The van der Waals surface area contributed by atoms with E-state index in [2.05, 4.69) is 5.32 Å². The van der Waals surface area contributed by atoms with Gasteiger partial charge in [-0.25, -0.2) is 8.42 Å². The molecule has 1 aromatic carbocycles. The Morgan fingerprint density at radius 1 is 1.26 bits per heavy atom. The number of benzene rings is 1. The molecule has 3 heterocycles. The minimum atomic E-state index is -3.79. The number of nitrogens with zero attached hydrogens (tertiary/aromatic N) is 2. The number of hydrogen-bond acceptors (Lipinski definition) is 5. The van der Waals surface area contributed by atoms with Gasteiger partial charge in [-0.05, 0) is 12.5 Å². The summed E-state index contributed by atoms with van der Waals surface area (Å²) in [5, 5.41) is 14.2. The second-order valence-corrected chi connectivity index (χ2v) is 6.75. The van der Waals surface area contributed by atoms with Crippen molar-refractivity contribution in [3.05, 3.63) is 34.4 Å². The molecule has 0 saturated carbocycles. The van der Waals surface area contributed by atoms with E-state index < -0.39 is 14.9 Å². The first kappa shape index (κ1) is 12.5. The molecule has 3 aliphatic rings. The van der Waals surface area contributed by atoms with E-state index in [9.17, 15) is 18.5 Å². The van der Waals surface area contributed by atoms with Crippen molar-refractivity contribution in [3.8, 4) is 0 Å². The van der Waals surface area contributed by atoms with Crippen LogP contribution in [0.2, 0.25) is 0 Å². The molecule has 2 atom stereocenters. The number of fused-ring (bicyclic) bond motifs is 2. The minimum absolute atomic E-state index is 0.177. The van der Waals surface area contributed by atoms with Gasteiger partial charge in [0.1, 0.15) is 0 Å². The van der Waals surface area contributed by atoms with Crippen LogP contribution in [0.3, 0.4) is 0 Å². The summed E-state index contributed by atoms with van der Waals surface area (Å²) < 4.78 is 26.3. The summed E-state index contributed by atoms with van der Waals surface area (Å²) in [4.78, 5) is 10.1. The second-order valence-electron chi connectivity index (χ2n) is 4.84. The topological polar surface area (TPSA) is 92.5 Å². The van der Waals surface area contributed by atoms with Crippen LogP contribution in [-0.4, -0.2) is 42.8 Å². The fourth-order valence-electron chi connectivity index (χ4n) is 2.63. The number of para-hydroxylation sites is 1. The van der Waals surface area contributed by atoms with Crippen LogP contribution < -0.4 is 5.32 Å². The van der Waals surface area contributed by atoms with Gasteiger partial charge in [-0.2, -0.15) is 4.31 Å². The fraction of sp³-hybridized carbons (Fsp3) is 0.455. The molecule has 7 nitrogen and oxygen atoms in total. The van der Waals surface area contributed by atoms with E-state index in [1.807, 2.05) is 0 Å². The first-order valence-electron chi connectivity index (χ1n) is 5.98. The van der Waals surface area contributed by atoms with Crippen molar-refractivity contribution in [1.29, 1.82) is 0 Å². The molecule has 102 valence electrons. The van der Waals surface area contributed by atoms with Crippen LogP contribution in [0.1, 0.15) is 6.42 Å². The fourth-order valence-corrected chi connectivity index (χ4v) is 4.32. The van der Waals surface area contributed by atoms with Gasteiger partial charge in [-0.15, -0.1) is 0 Å². The third-order valence-electron chi connectivity index (χ3n) is 3.57. The molecule has 8 heteroatoms. The summed E-state index contributed by atoms with van der Waals surface area (Å²) in [6, 6.07) is 5.83. The monoisotopic (exact) mass is 283 g/mol. The van der Waals surface area contributed by atoms with Crippen molar-refractivity contribution in [1.82, 2.24) is 9.62 Å². The Bertz CT molecular complexity index is 615. The van der Waals surface area contributed by atoms with E-state index in [1.54, 1.807) is 0 Å². The van der Waals surface area contributed by atoms with Crippen molar-refractivity contribution in [3.63, 3.8) is 0 Å². The van der Waals surface area contributed by atoms with Crippen LogP contribution in [0.15, 0.2) is 29.2 Å². The molecule has 2 unspecified atom stereocenters. The van der Waals surface area contributed by atoms with E-state index in [0.717, 1.165) is 6.42 Å². The van der Waals surface area contributed by atoms with Crippen LogP contribution in [0, 0.1) is 10.1 Å². The van der Waals surface area contributed by atoms with Gasteiger partial charge in [0.25, 0.3) is 5.69 Å². The van der Waals surface area contributed by atoms with Gasteiger partial charge in [0.15, 0.2) is 4.90 Å². The summed E-state index contributed by atoms with van der Waals surface area (Å²) in [5.41, 5.74) is -0.366. The Morgan fingerprint density at radius 2 is 1.84 bits per heavy atom. The molecule has 0 aliphatic carbocycles. The zero-order chi connectivity index (χ0) is 13.6. The molecular weight excluding hydrogens is 270 g/mol. The molecule has 3 fully saturated rings. The number of rotatable bonds is 3. The molecule has 1 aromatic rings. The van der Waals surface area contributed by atoms with Gasteiger partial charge in [0, 0.05) is 31.2 Å². The number of nitro benzene ring substituents is 1. The third kappa shape index (κ3) is 2.01. The van der Waals surface area contributed by atoms with Crippen LogP contribution in [-0.2, 0) is 10.0 Å². The van der Waals surface area contributed by atoms with Gasteiger partial charge in [0.05, 0.1) is 4.92 Å². The van der Waals surface area contributed by atoms with Gasteiger partial charge < -0.3 is 5.32 Å². The lowest BCUT2D eigenvalue weighted by Crippen LogP contribution is -2.67. The molecule has 1 N–H and O–H groups in total. The third-order valence-corrected chi connectivity index (χ3v) is 5.45. The molecule has 0 spiro atoms. The summed E-state index contributed by atoms with van der Waals surface area (Å²) in [6.07, 6.45) is 0.975. The van der Waals surface area contributed by atoms with E-state index in [0.29, 0.717) is 13.1 Å². The zero-order valence-corrected chi connectivity index (χ0v) is 10.8. The van der Waals surface area contributed by atoms with E-state index in [-0.39, 0.29) is 22.7 Å². The van der Waals surface area contributed by atoms with Crippen molar-refractivity contribution in [2.24, 2.45) is 0 Å². The van der Waals surface area contributed by atoms with E-state index in [4.69, 9.17) is 0 Å². The number of piperidine rings is 1. The summed E-state index contributed by atoms with van der Waals surface area (Å²) in [7, 11) is -3.79. The number of piperazine rings is 1. The molecule has 3 saturated heterocycles. The Morgan fingerprint density at radius 3 is 2.42 bits per heavy atom. The standard InChI is InChI=1S/C11H13N3O4S/c15-14(16)10-3-1-2-4-11(10)19(17,18)13-6-8-5-9(7-13)12-8/h1-4,8-9,12H,5-7H2. The second kappa shape index (κ2) is 4.26. The predicted octanol–water partition coefficient (Wildman–Crippen LogP) is 0.330. The normalized spacial score (nSPS) is 26.7. The Balaban J connectivity index is 1.98. The van der Waals surface area contributed by atoms with E-state index in [1.165, 1.54) is 28.6 Å². The predicted molar refractivity (Wildman–Crippen MR) is 67.2 cm³/mol. The number of nitrogens with one attached hydrogen (secondary N) is 1. The van der Waals surface area contributed by atoms with E-state index >= 15 is 0 Å². The van der Waals surface area contributed by atoms with Crippen molar-refractivity contribution in [2.75, 3.05) is 13.1 Å². The Hall–Kier alpha value is -1.51. The van der Waals surface area contributed by atoms with Gasteiger partial charge in [-0.1, -0.05) is 12.1 Å². The summed E-state index contributed by atoms with van der Waals surface area (Å²) in [5.74, 6) is 0. The van der Waals surface area contributed by atoms with Gasteiger partial charge >= 0.3 is 0 Å². The highest BCUT2D eigenvalue weighted by Gasteiger charge is 2.43. The summed E-state index contributed by atoms with van der Waals surface area (Å²) in [6.45, 7) is 0.760. The van der Waals surface area contributed by atoms with Crippen LogP contribution in [0.5, 0.6) is 0 Å². The van der Waals surface area contributed by atoms with Crippen LogP contribution in [0.4, 0.5) is 5.69 Å². The highest BCUT2D eigenvalue weighted by molar-refractivity contribution is 7.89. The highest BCUT2D eigenvalue weighted by Crippen LogP contribution is 2.30. The maximum absolute atomic E-state index is 12.5. The molecule has 3 aliphatic heterocycles. The number of sulfonamides is 1. The minimum Gasteiger partial charge on any atom is -0.308 e. The largest absolute Gasteiger partial charge is 0.308 e. The smallest absolute Gasteiger partial charge is 0.289 e. The Kier molecular flexibility index (Phi) is 2.80. The average Bonchev–Trinajstić information content (AvgIpc) is 2.38. The lowest BCUT2D eigenvalue weighted by atomic mass is 9.93. The first-order chi connectivity index (χ1) is 8.98. The molecule has 0 aromatic heterocycles. The molecular formula is C11H13N3O4S. The zero-order valence-electron chi connectivity index (χ0n) is 10.0. The van der Waals surface area contributed by atoms with Crippen molar-refractivity contribution >= 4 is 15.7 Å². The highest BCUT2D eigenvalue weighted by atomic mass is 32.2. The Labute approximate surface area is 110 Å². The van der Waals surface area contributed by atoms with Gasteiger partial charge in [-0.3, -0.25) is 10.1 Å². The summed E-state index contributed by atoms with van der Waals surface area (Å²) >= 11 is 0. The quantitative estimate of drug-likeness (QED) is 0.637. The molecule has 2 bridgehead atoms. The van der Waals surface area contributed by atoms with Gasteiger partial charge in [0.2, 0.25) is 10.0 Å². The average molecular weight is 283 g/mol. The molecule has 4 rings (SSSR count). The molecule has 19 heavy (non-hydrogen) atoms. The maximum Gasteiger partial charge on any atom is 0.289 e. The maximum atomic E-state index is 12.5. The SMILES string of the molecule is O=[N+]([O-])c1ccccc1S(=O)(=O)N1CC2CC(C1)N2. The molecule has 0 amide bonds. The van der Waals surface area contributed by atoms with Crippen LogP contribution in [0.25, 0.3) is 0 Å². The van der Waals surface area contributed by atoms with Crippen molar-refractivity contribution in [2.45, 2.75) is 23.4 Å². The molecule has 0 radical (unpaired) electrons. The lowest BCUT2D eigenvalue weighted by molar-refractivity contribution is -0.387. The first-order valence-corrected chi connectivity index (χ1v) is 7.42.